The maximum atomic E-state index is 14.6. The van der Waals surface area contributed by atoms with Crippen LogP contribution in [-0.2, 0) is 16.6 Å². The predicted molar refractivity (Wildman–Crippen MR) is 119 cm³/mol. The SMILES string of the molecule is Cc1nccn1-c1ccc(CNC(=O)c2cc(S(=O)(=O)NC3CC3)c(Cl)cc2Cl)cc1F. The highest BCUT2D eigenvalue weighted by atomic mass is 35.5. The Morgan fingerprint density at radius 2 is 1.97 bits per heavy atom. The second kappa shape index (κ2) is 8.82. The highest BCUT2D eigenvalue weighted by Gasteiger charge is 2.30. The van der Waals surface area contributed by atoms with Crippen molar-refractivity contribution in [2.24, 2.45) is 0 Å². The lowest BCUT2D eigenvalue weighted by atomic mass is 10.1. The van der Waals surface area contributed by atoms with Gasteiger partial charge in [-0.1, -0.05) is 29.3 Å². The van der Waals surface area contributed by atoms with Gasteiger partial charge in [-0.05, 0) is 49.6 Å². The van der Waals surface area contributed by atoms with Gasteiger partial charge in [-0.25, -0.2) is 22.5 Å². The Kier molecular flexibility index (Phi) is 6.26. The second-order valence-corrected chi connectivity index (χ2v) is 9.97. The van der Waals surface area contributed by atoms with Crippen LogP contribution in [0.25, 0.3) is 5.69 Å². The number of imidazole rings is 1. The van der Waals surface area contributed by atoms with Crippen molar-refractivity contribution in [3.05, 3.63) is 75.5 Å². The molecule has 32 heavy (non-hydrogen) atoms. The highest BCUT2D eigenvalue weighted by molar-refractivity contribution is 7.89. The van der Waals surface area contributed by atoms with E-state index < -0.39 is 21.7 Å². The number of aromatic nitrogens is 2. The van der Waals surface area contributed by atoms with Crippen molar-refractivity contribution in [2.75, 3.05) is 0 Å². The lowest BCUT2D eigenvalue weighted by Crippen LogP contribution is -2.27. The van der Waals surface area contributed by atoms with E-state index in [1.165, 1.54) is 12.1 Å². The van der Waals surface area contributed by atoms with E-state index in [9.17, 15) is 17.6 Å². The van der Waals surface area contributed by atoms with Gasteiger partial charge in [-0.3, -0.25) is 4.79 Å². The van der Waals surface area contributed by atoms with E-state index in [1.54, 1.807) is 36.0 Å². The molecule has 7 nitrogen and oxygen atoms in total. The molecular weight excluding hydrogens is 478 g/mol. The first kappa shape index (κ1) is 22.7. The molecule has 168 valence electrons. The van der Waals surface area contributed by atoms with Crippen LogP contribution in [0.3, 0.4) is 0 Å². The molecule has 1 amide bonds. The van der Waals surface area contributed by atoms with Crippen LogP contribution in [0.15, 0.2) is 47.6 Å². The van der Waals surface area contributed by atoms with Gasteiger partial charge in [0, 0.05) is 25.0 Å². The number of nitrogens with zero attached hydrogens (tertiary/aromatic N) is 2. The average Bonchev–Trinajstić information content (AvgIpc) is 3.42. The maximum Gasteiger partial charge on any atom is 0.253 e. The molecule has 1 heterocycles. The second-order valence-electron chi connectivity index (χ2n) is 7.47. The van der Waals surface area contributed by atoms with Crippen LogP contribution in [0.2, 0.25) is 10.0 Å². The molecule has 1 saturated carbocycles. The van der Waals surface area contributed by atoms with Gasteiger partial charge in [-0.15, -0.1) is 0 Å². The number of amides is 1. The molecule has 1 aliphatic rings. The molecule has 4 rings (SSSR count). The minimum atomic E-state index is -3.88. The lowest BCUT2D eigenvalue weighted by molar-refractivity contribution is 0.0951. The zero-order chi connectivity index (χ0) is 23.0. The molecule has 0 atom stereocenters. The van der Waals surface area contributed by atoms with Gasteiger partial charge in [-0.2, -0.15) is 0 Å². The Bertz CT molecular complexity index is 1310. The van der Waals surface area contributed by atoms with Gasteiger partial charge in [0.25, 0.3) is 5.91 Å². The summed E-state index contributed by atoms with van der Waals surface area (Å²) >= 11 is 12.2. The van der Waals surface area contributed by atoms with Gasteiger partial charge in [0.05, 0.1) is 21.3 Å². The zero-order valence-corrected chi connectivity index (χ0v) is 19.2. The third kappa shape index (κ3) is 4.80. The summed E-state index contributed by atoms with van der Waals surface area (Å²) in [5.41, 5.74) is 0.818. The Morgan fingerprint density at radius 1 is 1.22 bits per heavy atom. The number of aryl methyl sites for hydroxylation is 1. The fourth-order valence-electron chi connectivity index (χ4n) is 3.16. The molecule has 2 N–H and O–H groups in total. The number of hydrogen-bond donors (Lipinski definition) is 2. The van der Waals surface area contributed by atoms with Crippen molar-refractivity contribution in [3.63, 3.8) is 0 Å². The Labute approximate surface area is 194 Å². The summed E-state index contributed by atoms with van der Waals surface area (Å²) in [6.07, 6.45) is 4.75. The normalized spacial score (nSPS) is 13.9. The minimum Gasteiger partial charge on any atom is -0.348 e. The van der Waals surface area contributed by atoms with E-state index in [2.05, 4.69) is 15.0 Å². The summed E-state index contributed by atoms with van der Waals surface area (Å²) in [5.74, 6) is -0.435. The van der Waals surface area contributed by atoms with E-state index >= 15 is 0 Å². The molecular formula is C21H19Cl2FN4O3S. The number of sulfonamides is 1. The predicted octanol–water partition coefficient (Wildman–Crippen LogP) is 4.00. The molecule has 0 spiro atoms. The van der Waals surface area contributed by atoms with Gasteiger partial charge < -0.3 is 9.88 Å². The molecule has 0 radical (unpaired) electrons. The highest BCUT2D eigenvalue weighted by Crippen LogP contribution is 2.30. The maximum absolute atomic E-state index is 14.6. The van der Waals surface area contributed by atoms with E-state index in [0.29, 0.717) is 17.1 Å². The number of rotatable bonds is 7. The summed E-state index contributed by atoms with van der Waals surface area (Å²) in [5, 5.41) is 2.57. The molecule has 1 fully saturated rings. The van der Waals surface area contributed by atoms with Crippen LogP contribution in [0, 0.1) is 12.7 Å². The van der Waals surface area contributed by atoms with E-state index in [-0.39, 0.29) is 33.1 Å². The third-order valence-electron chi connectivity index (χ3n) is 5.01. The summed E-state index contributed by atoms with van der Waals surface area (Å²) in [7, 11) is -3.88. The monoisotopic (exact) mass is 496 g/mol. The molecule has 0 saturated heterocycles. The van der Waals surface area contributed by atoms with Crippen molar-refractivity contribution in [2.45, 2.75) is 37.2 Å². The molecule has 0 aliphatic heterocycles. The van der Waals surface area contributed by atoms with Crippen LogP contribution < -0.4 is 10.0 Å². The number of nitrogens with one attached hydrogen (secondary N) is 2. The van der Waals surface area contributed by atoms with Crippen molar-refractivity contribution < 1.29 is 17.6 Å². The Balaban J connectivity index is 1.51. The molecule has 3 aromatic rings. The van der Waals surface area contributed by atoms with Crippen LogP contribution in [-0.4, -0.2) is 29.9 Å². The summed E-state index contributed by atoms with van der Waals surface area (Å²) in [6, 6.07) is 6.84. The van der Waals surface area contributed by atoms with Gasteiger partial charge in [0.2, 0.25) is 10.0 Å². The molecule has 1 aliphatic carbocycles. The third-order valence-corrected chi connectivity index (χ3v) is 7.30. The number of halogens is 3. The van der Waals surface area contributed by atoms with E-state index in [0.717, 1.165) is 18.9 Å². The van der Waals surface area contributed by atoms with Gasteiger partial charge in [0.1, 0.15) is 16.5 Å². The summed E-state index contributed by atoms with van der Waals surface area (Å²) in [6.45, 7) is 1.78. The summed E-state index contributed by atoms with van der Waals surface area (Å²) in [4.78, 5) is 16.5. The fraction of sp³-hybridized carbons (Fsp3) is 0.238. The number of hydrogen-bond acceptors (Lipinski definition) is 4. The molecule has 0 bridgehead atoms. The van der Waals surface area contributed by atoms with E-state index in [1.807, 2.05) is 0 Å². The van der Waals surface area contributed by atoms with Crippen molar-refractivity contribution >= 4 is 39.1 Å². The molecule has 2 aromatic carbocycles. The van der Waals surface area contributed by atoms with Crippen LogP contribution in [0.5, 0.6) is 0 Å². The van der Waals surface area contributed by atoms with E-state index in [4.69, 9.17) is 23.2 Å². The summed E-state index contributed by atoms with van der Waals surface area (Å²) < 4.78 is 43.8. The Morgan fingerprint density at radius 3 is 2.59 bits per heavy atom. The van der Waals surface area contributed by atoms with Gasteiger partial charge >= 0.3 is 0 Å². The largest absolute Gasteiger partial charge is 0.348 e. The molecule has 1 aromatic heterocycles. The number of benzene rings is 2. The van der Waals surface area contributed by atoms with Crippen molar-refractivity contribution in [3.8, 4) is 5.69 Å². The number of carbonyl (C=O) groups is 1. The Hall–Kier alpha value is -2.46. The molecule has 0 unspecified atom stereocenters. The fourth-order valence-corrected chi connectivity index (χ4v) is 5.32. The number of carbonyl (C=O) groups excluding carboxylic acids is 1. The first-order valence-electron chi connectivity index (χ1n) is 9.74. The van der Waals surface area contributed by atoms with Crippen LogP contribution in [0.4, 0.5) is 4.39 Å². The van der Waals surface area contributed by atoms with Crippen LogP contribution in [0.1, 0.15) is 34.6 Å². The van der Waals surface area contributed by atoms with Crippen molar-refractivity contribution in [1.82, 2.24) is 19.6 Å². The molecule has 11 heteroatoms. The van der Waals surface area contributed by atoms with Crippen LogP contribution >= 0.6 is 23.2 Å². The minimum absolute atomic E-state index is 0.00924. The smallest absolute Gasteiger partial charge is 0.253 e. The standard InChI is InChI=1S/C21H19Cl2FN4O3S/c1-12-25-6-7-28(12)19-5-2-13(8-18(19)24)11-26-21(29)15-9-20(17(23)10-16(15)22)32(30,31)27-14-3-4-14/h2,5-10,14,27H,3-4,11H2,1H3,(H,26,29). The quantitative estimate of drug-likeness (QED) is 0.516. The lowest BCUT2D eigenvalue weighted by Gasteiger charge is -2.12. The average molecular weight is 497 g/mol. The zero-order valence-electron chi connectivity index (χ0n) is 16.9. The first-order chi connectivity index (χ1) is 15.2. The topological polar surface area (TPSA) is 93.1 Å². The van der Waals surface area contributed by atoms with Gasteiger partial charge in [0.15, 0.2) is 0 Å². The van der Waals surface area contributed by atoms with Crippen molar-refractivity contribution in [1.29, 1.82) is 0 Å². The first-order valence-corrected chi connectivity index (χ1v) is 12.0.